The molecule has 0 saturated carbocycles. The van der Waals surface area contributed by atoms with Gasteiger partial charge in [-0.1, -0.05) is 85.5 Å². The van der Waals surface area contributed by atoms with E-state index >= 15 is 0 Å². The SMILES string of the molecule is C=Cc1[nH]c(C2(c3cc4ccccc4[nH]3)c3ccccc3-c3ccccc32)cc1/C=C\C. The standard InChI is InChI=1S/C30H24N2/c1-3-11-20-18-28(31-26(20)4-2)30(29-19-21-12-5-10-17-27(21)32-29)24-15-8-6-13-22(24)23-14-7-9-16-25(23)30/h3-19,31-32H,2H2,1H3/b11-3-. The van der Waals surface area contributed by atoms with Gasteiger partial charge in [0.15, 0.2) is 0 Å². The van der Waals surface area contributed by atoms with E-state index in [9.17, 15) is 0 Å². The maximum Gasteiger partial charge on any atom is 0.101 e. The zero-order valence-electron chi connectivity index (χ0n) is 18.0. The fourth-order valence-electron chi connectivity index (χ4n) is 5.41. The molecule has 0 atom stereocenters. The molecule has 0 spiro atoms. The van der Waals surface area contributed by atoms with E-state index in [0.717, 1.165) is 22.5 Å². The summed E-state index contributed by atoms with van der Waals surface area (Å²) in [6.45, 7) is 6.11. The molecule has 2 heteroatoms. The lowest BCUT2D eigenvalue weighted by Gasteiger charge is -2.31. The van der Waals surface area contributed by atoms with Gasteiger partial charge in [0.05, 0.1) is 0 Å². The lowest BCUT2D eigenvalue weighted by atomic mass is 9.72. The minimum absolute atomic E-state index is 0.468. The molecule has 0 fully saturated rings. The van der Waals surface area contributed by atoms with Crippen molar-refractivity contribution in [2.45, 2.75) is 12.3 Å². The first-order chi connectivity index (χ1) is 15.8. The molecule has 5 aromatic rings. The highest BCUT2D eigenvalue weighted by Gasteiger charge is 2.48. The fraction of sp³-hybridized carbons (Fsp3) is 0.0667. The largest absolute Gasteiger partial charge is 0.357 e. The van der Waals surface area contributed by atoms with Crippen molar-refractivity contribution in [3.8, 4) is 11.1 Å². The number of H-pyrrole nitrogens is 2. The Balaban J connectivity index is 1.78. The zero-order chi connectivity index (χ0) is 21.7. The first kappa shape index (κ1) is 18.7. The Morgan fingerprint density at radius 3 is 2.03 bits per heavy atom. The number of allylic oxidation sites excluding steroid dienone is 1. The van der Waals surface area contributed by atoms with Gasteiger partial charge in [0.1, 0.15) is 5.41 Å². The molecule has 0 aliphatic heterocycles. The average Bonchev–Trinajstić information content (AvgIpc) is 3.52. The maximum absolute atomic E-state index is 4.06. The summed E-state index contributed by atoms with van der Waals surface area (Å²) >= 11 is 0. The highest BCUT2D eigenvalue weighted by atomic mass is 14.8. The third kappa shape index (κ3) is 2.41. The predicted octanol–water partition coefficient (Wildman–Crippen LogP) is 7.54. The van der Waals surface area contributed by atoms with Crippen LogP contribution in [0.25, 0.3) is 34.2 Å². The second-order valence-electron chi connectivity index (χ2n) is 8.37. The number of rotatable bonds is 4. The van der Waals surface area contributed by atoms with Crippen LogP contribution in [0.1, 0.15) is 40.7 Å². The molecule has 0 bridgehead atoms. The van der Waals surface area contributed by atoms with Crippen LogP contribution in [0, 0.1) is 0 Å². The molecular formula is C30H24N2. The second-order valence-corrected chi connectivity index (χ2v) is 8.37. The Morgan fingerprint density at radius 2 is 1.38 bits per heavy atom. The summed E-state index contributed by atoms with van der Waals surface area (Å²) in [6, 6.07) is 30.6. The summed E-state index contributed by atoms with van der Waals surface area (Å²) in [4.78, 5) is 7.51. The van der Waals surface area contributed by atoms with Gasteiger partial charge < -0.3 is 9.97 Å². The molecule has 0 radical (unpaired) electrons. The van der Waals surface area contributed by atoms with Gasteiger partial charge in [-0.15, -0.1) is 0 Å². The van der Waals surface area contributed by atoms with Crippen molar-refractivity contribution in [2.24, 2.45) is 0 Å². The summed E-state index contributed by atoms with van der Waals surface area (Å²) < 4.78 is 0. The molecule has 2 aromatic heterocycles. The van der Waals surface area contributed by atoms with Crippen LogP contribution in [-0.4, -0.2) is 9.97 Å². The average molecular weight is 413 g/mol. The van der Waals surface area contributed by atoms with Crippen LogP contribution in [0.2, 0.25) is 0 Å². The Labute approximate surface area is 188 Å². The third-order valence-electron chi connectivity index (χ3n) is 6.72. The van der Waals surface area contributed by atoms with Gasteiger partial charge in [-0.05, 0) is 64.4 Å². The van der Waals surface area contributed by atoms with Crippen LogP contribution in [0.5, 0.6) is 0 Å². The quantitative estimate of drug-likeness (QED) is 0.300. The van der Waals surface area contributed by atoms with Crippen LogP contribution in [0.4, 0.5) is 0 Å². The number of nitrogens with one attached hydrogen (secondary N) is 2. The molecule has 2 heterocycles. The van der Waals surface area contributed by atoms with E-state index in [1.54, 1.807) is 0 Å². The summed E-state index contributed by atoms with van der Waals surface area (Å²) in [5.74, 6) is 0. The van der Waals surface area contributed by atoms with Gasteiger partial charge in [0, 0.05) is 22.6 Å². The Bertz CT molecular complexity index is 1430. The van der Waals surface area contributed by atoms with Crippen LogP contribution in [0.15, 0.2) is 97.6 Å². The molecule has 6 rings (SSSR count). The van der Waals surface area contributed by atoms with Crippen molar-refractivity contribution in [3.63, 3.8) is 0 Å². The van der Waals surface area contributed by atoms with Gasteiger partial charge in [-0.25, -0.2) is 0 Å². The van der Waals surface area contributed by atoms with E-state index in [2.05, 4.69) is 114 Å². The van der Waals surface area contributed by atoms with Crippen LogP contribution in [-0.2, 0) is 5.41 Å². The van der Waals surface area contributed by atoms with Crippen molar-refractivity contribution >= 4 is 23.1 Å². The van der Waals surface area contributed by atoms with Crippen molar-refractivity contribution in [3.05, 3.63) is 131 Å². The van der Waals surface area contributed by atoms with E-state index in [-0.39, 0.29) is 0 Å². The Kier molecular flexibility index (Phi) is 4.09. The van der Waals surface area contributed by atoms with Crippen LogP contribution in [0.3, 0.4) is 0 Å². The molecule has 1 aliphatic carbocycles. The lowest BCUT2D eigenvalue weighted by molar-refractivity contribution is 0.720. The van der Waals surface area contributed by atoms with Gasteiger partial charge in [0.2, 0.25) is 0 Å². The molecule has 2 nitrogen and oxygen atoms in total. The predicted molar refractivity (Wildman–Crippen MR) is 135 cm³/mol. The highest BCUT2D eigenvalue weighted by molar-refractivity contribution is 5.89. The number of hydrogen-bond donors (Lipinski definition) is 2. The fourth-order valence-corrected chi connectivity index (χ4v) is 5.41. The number of benzene rings is 3. The first-order valence-electron chi connectivity index (χ1n) is 11.0. The molecule has 154 valence electrons. The van der Waals surface area contributed by atoms with Crippen molar-refractivity contribution in [1.82, 2.24) is 9.97 Å². The number of fused-ring (bicyclic) bond motifs is 4. The van der Waals surface area contributed by atoms with Crippen LogP contribution >= 0.6 is 0 Å². The van der Waals surface area contributed by atoms with Crippen LogP contribution < -0.4 is 0 Å². The molecule has 0 amide bonds. The molecule has 1 aliphatic rings. The summed E-state index contributed by atoms with van der Waals surface area (Å²) in [5.41, 5.74) is 10.3. The molecule has 0 saturated heterocycles. The first-order valence-corrected chi connectivity index (χ1v) is 11.0. The van der Waals surface area contributed by atoms with E-state index in [1.165, 1.54) is 33.3 Å². The number of aromatic nitrogens is 2. The van der Waals surface area contributed by atoms with Gasteiger partial charge in [-0.3, -0.25) is 0 Å². The topological polar surface area (TPSA) is 31.6 Å². The van der Waals surface area contributed by atoms with Crippen molar-refractivity contribution in [2.75, 3.05) is 0 Å². The summed E-state index contributed by atoms with van der Waals surface area (Å²) in [5, 5.41) is 1.22. The minimum atomic E-state index is -0.468. The molecule has 32 heavy (non-hydrogen) atoms. The van der Waals surface area contributed by atoms with Gasteiger partial charge >= 0.3 is 0 Å². The molecule has 2 N–H and O–H groups in total. The lowest BCUT2D eigenvalue weighted by Crippen LogP contribution is -2.29. The van der Waals surface area contributed by atoms with Gasteiger partial charge in [-0.2, -0.15) is 0 Å². The smallest absolute Gasteiger partial charge is 0.101 e. The third-order valence-corrected chi connectivity index (χ3v) is 6.72. The molecule has 0 unspecified atom stereocenters. The number of para-hydroxylation sites is 1. The summed E-state index contributed by atoms with van der Waals surface area (Å²) in [6.07, 6.45) is 6.12. The minimum Gasteiger partial charge on any atom is -0.357 e. The molecule has 3 aromatic carbocycles. The second kappa shape index (κ2) is 7.00. The van der Waals surface area contributed by atoms with Crippen molar-refractivity contribution in [1.29, 1.82) is 0 Å². The summed E-state index contributed by atoms with van der Waals surface area (Å²) in [7, 11) is 0. The maximum atomic E-state index is 4.06. The highest BCUT2D eigenvalue weighted by Crippen LogP contribution is 2.56. The van der Waals surface area contributed by atoms with E-state index < -0.39 is 5.41 Å². The Hall–Kier alpha value is -4.04. The van der Waals surface area contributed by atoms with E-state index in [0.29, 0.717) is 0 Å². The monoisotopic (exact) mass is 412 g/mol. The van der Waals surface area contributed by atoms with E-state index in [4.69, 9.17) is 0 Å². The van der Waals surface area contributed by atoms with Crippen molar-refractivity contribution < 1.29 is 0 Å². The van der Waals surface area contributed by atoms with Gasteiger partial charge in [0.25, 0.3) is 0 Å². The normalized spacial score (nSPS) is 14.0. The zero-order valence-corrected chi connectivity index (χ0v) is 18.0. The number of aromatic amines is 2. The Morgan fingerprint density at radius 1 is 0.750 bits per heavy atom. The number of hydrogen-bond acceptors (Lipinski definition) is 0. The van der Waals surface area contributed by atoms with E-state index in [1.807, 2.05) is 13.0 Å². The molecular weight excluding hydrogens is 388 g/mol.